The fourth-order valence-corrected chi connectivity index (χ4v) is 1.28. The topological polar surface area (TPSA) is 58.0 Å². The Balaban J connectivity index is 2.55. The molecule has 1 aromatic rings. The number of aliphatic hydroxyl groups is 1. The Labute approximate surface area is 84.4 Å². The van der Waals surface area contributed by atoms with Gasteiger partial charge in [-0.25, -0.2) is 9.97 Å². The van der Waals surface area contributed by atoms with E-state index in [4.69, 9.17) is 5.11 Å². The molecule has 4 nitrogen and oxygen atoms in total. The summed E-state index contributed by atoms with van der Waals surface area (Å²) in [6.45, 7) is 4.43. The summed E-state index contributed by atoms with van der Waals surface area (Å²) in [5.41, 5.74) is 0. The molecular formula is C10H17N3O. The lowest BCUT2D eigenvalue weighted by atomic mass is 10.0. The highest BCUT2D eigenvalue weighted by atomic mass is 16.3. The van der Waals surface area contributed by atoms with E-state index >= 15 is 0 Å². The van der Waals surface area contributed by atoms with Gasteiger partial charge in [0.1, 0.15) is 12.1 Å². The van der Waals surface area contributed by atoms with E-state index in [9.17, 15) is 0 Å². The molecule has 0 saturated carbocycles. The van der Waals surface area contributed by atoms with Crippen LogP contribution < -0.4 is 5.32 Å². The van der Waals surface area contributed by atoms with Crippen LogP contribution in [0.25, 0.3) is 0 Å². The summed E-state index contributed by atoms with van der Waals surface area (Å²) >= 11 is 0. The summed E-state index contributed by atoms with van der Waals surface area (Å²) in [5, 5.41) is 12.2. The first-order chi connectivity index (χ1) is 6.74. The molecule has 14 heavy (non-hydrogen) atoms. The van der Waals surface area contributed by atoms with E-state index in [-0.39, 0.29) is 12.6 Å². The number of aromatic nitrogens is 2. The van der Waals surface area contributed by atoms with Crippen molar-refractivity contribution in [3.8, 4) is 0 Å². The first-order valence-electron chi connectivity index (χ1n) is 4.87. The maximum Gasteiger partial charge on any atom is 0.129 e. The van der Waals surface area contributed by atoms with Gasteiger partial charge in [0.25, 0.3) is 0 Å². The Morgan fingerprint density at radius 1 is 1.50 bits per heavy atom. The highest BCUT2D eigenvalue weighted by molar-refractivity contribution is 5.33. The number of anilines is 1. The number of nitrogens with zero attached hydrogens (tertiary/aromatic N) is 2. The fraction of sp³-hybridized carbons (Fsp3) is 0.600. The van der Waals surface area contributed by atoms with Crippen LogP contribution >= 0.6 is 0 Å². The third-order valence-electron chi connectivity index (χ3n) is 2.16. The molecule has 0 aromatic carbocycles. The van der Waals surface area contributed by atoms with Gasteiger partial charge in [-0.15, -0.1) is 0 Å². The molecule has 1 rings (SSSR count). The number of rotatable bonds is 5. The Bertz CT molecular complexity index is 251. The van der Waals surface area contributed by atoms with Gasteiger partial charge in [0.15, 0.2) is 0 Å². The van der Waals surface area contributed by atoms with Crippen LogP contribution in [0.15, 0.2) is 18.6 Å². The van der Waals surface area contributed by atoms with Gasteiger partial charge in [-0.2, -0.15) is 0 Å². The van der Waals surface area contributed by atoms with Crippen molar-refractivity contribution >= 4 is 5.82 Å². The monoisotopic (exact) mass is 195 g/mol. The van der Waals surface area contributed by atoms with Crippen LogP contribution in [-0.2, 0) is 0 Å². The van der Waals surface area contributed by atoms with Gasteiger partial charge < -0.3 is 10.4 Å². The lowest BCUT2D eigenvalue weighted by Gasteiger charge is -2.21. The predicted molar refractivity (Wildman–Crippen MR) is 56.0 cm³/mol. The molecule has 1 heterocycles. The second-order valence-corrected chi connectivity index (χ2v) is 3.60. The molecular weight excluding hydrogens is 178 g/mol. The lowest BCUT2D eigenvalue weighted by Crippen LogP contribution is -2.27. The molecule has 0 aliphatic carbocycles. The molecule has 1 atom stereocenters. The third kappa shape index (κ3) is 3.30. The third-order valence-corrected chi connectivity index (χ3v) is 2.16. The number of aliphatic hydroxyl groups excluding tert-OH is 1. The minimum atomic E-state index is 0.195. The van der Waals surface area contributed by atoms with E-state index < -0.39 is 0 Å². The van der Waals surface area contributed by atoms with Crippen molar-refractivity contribution in [2.24, 2.45) is 5.92 Å². The van der Waals surface area contributed by atoms with E-state index in [0.29, 0.717) is 5.92 Å². The Kier molecular flexibility index (Phi) is 4.32. The van der Waals surface area contributed by atoms with Crippen molar-refractivity contribution in [1.29, 1.82) is 0 Å². The van der Waals surface area contributed by atoms with E-state index in [1.54, 1.807) is 6.20 Å². The van der Waals surface area contributed by atoms with Crippen molar-refractivity contribution in [3.63, 3.8) is 0 Å². The lowest BCUT2D eigenvalue weighted by molar-refractivity contribution is 0.267. The summed E-state index contributed by atoms with van der Waals surface area (Å²) in [7, 11) is 0. The average molecular weight is 195 g/mol. The van der Waals surface area contributed by atoms with Gasteiger partial charge in [0.2, 0.25) is 0 Å². The largest absolute Gasteiger partial charge is 0.396 e. The Morgan fingerprint density at radius 2 is 2.29 bits per heavy atom. The van der Waals surface area contributed by atoms with Crippen LogP contribution in [-0.4, -0.2) is 27.7 Å². The van der Waals surface area contributed by atoms with Crippen molar-refractivity contribution in [2.75, 3.05) is 11.9 Å². The van der Waals surface area contributed by atoms with Crippen LogP contribution in [0.4, 0.5) is 5.82 Å². The molecule has 78 valence electrons. The molecule has 4 heteroatoms. The van der Waals surface area contributed by atoms with E-state index in [1.165, 1.54) is 6.33 Å². The Morgan fingerprint density at radius 3 is 2.79 bits per heavy atom. The minimum Gasteiger partial charge on any atom is -0.396 e. The van der Waals surface area contributed by atoms with Crippen LogP contribution in [0.5, 0.6) is 0 Å². The quantitative estimate of drug-likeness (QED) is 0.743. The molecule has 0 amide bonds. The highest BCUT2D eigenvalue weighted by Gasteiger charge is 2.12. The van der Waals surface area contributed by atoms with E-state index in [1.807, 2.05) is 6.07 Å². The standard InChI is InChI=1S/C10H17N3O/c1-8(2)9(4-6-14)13-10-3-5-11-7-12-10/h3,5,7-9,14H,4,6H2,1-2H3,(H,11,12,13). The molecule has 2 N–H and O–H groups in total. The van der Waals surface area contributed by atoms with Gasteiger partial charge in [-0.1, -0.05) is 13.8 Å². The number of hydrogen-bond donors (Lipinski definition) is 2. The average Bonchev–Trinajstić information content (AvgIpc) is 2.18. The fourth-order valence-electron chi connectivity index (χ4n) is 1.28. The molecule has 0 radical (unpaired) electrons. The molecule has 0 bridgehead atoms. The van der Waals surface area contributed by atoms with Gasteiger partial charge in [-0.3, -0.25) is 0 Å². The van der Waals surface area contributed by atoms with Gasteiger partial charge >= 0.3 is 0 Å². The zero-order valence-corrected chi connectivity index (χ0v) is 8.64. The zero-order valence-electron chi connectivity index (χ0n) is 8.64. The minimum absolute atomic E-state index is 0.195. The van der Waals surface area contributed by atoms with Crippen molar-refractivity contribution in [1.82, 2.24) is 9.97 Å². The van der Waals surface area contributed by atoms with Crippen molar-refractivity contribution in [3.05, 3.63) is 18.6 Å². The smallest absolute Gasteiger partial charge is 0.129 e. The van der Waals surface area contributed by atoms with Crippen LogP contribution in [0.2, 0.25) is 0 Å². The molecule has 1 aromatic heterocycles. The molecule has 0 saturated heterocycles. The Hall–Kier alpha value is -1.16. The molecule has 1 unspecified atom stereocenters. The summed E-state index contributed by atoms with van der Waals surface area (Å²) in [6.07, 6.45) is 3.95. The molecule has 0 aliphatic heterocycles. The highest BCUT2D eigenvalue weighted by Crippen LogP contribution is 2.11. The second kappa shape index (κ2) is 5.54. The maximum absolute atomic E-state index is 8.89. The van der Waals surface area contributed by atoms with E-state index in [0.717, 1.165) is 12.2 Å². The summed E-state index contributed by atoms with van der Waals surface area (Å²) in [5.74, 6) is 1.28. The van der Waals surface area contributed by atoms with Crippen LogP contribution in [0.1, 0.15) is 20.3 Å². The SMILES string of the molecule is CC(C)C(CCO)Nc1ccncn1. The van der Waals surface area contributed by atoms with Crippen LogP contribution in [0, 0.1) is 5.92 Å². The predicted octanol–water partition coefficient (Wildman–Crippen LogP) is 1.30. The van der Waals surface area contributed by atoms with Crippen LogP contribution in [0.3, 0.4) is 0 Å². The number of nitrogens with one attached hydrogen (secondary N) is 1. The molecule has 0 aliphatic rings. The normalized spacial score (nSPS) is 12.9. The molecule has 0 spiro atoms. The summed E-state index contributed by atoms with van der Waals surface area (Å²) in [4.78, 5) is 7.92. The van der Waals surface area contributed by atoms with Gasteiger partial charge in [-0.05, 0) is 18.4 Å². The molecule has 0 fully saturated rings. The van der Waals surface area contributed by atoms with Crippen molar-refractivity contribution in [2.45, 2.75) is 26.3 Å². The van der Waals surface area contributed by atoms with E-state index in [2.05, 4.69) is 29.1 Å². The van der Waals surface area contributed by atoms with Gasteiger partial charge in [0.05, 0.1) is 0 Å². The summed E-state index contributed by atoms with van der Waals surface area (Å²) in [6, 6.07) is 2.09. The first-order valence-corrected chi connectivity index (χ1v) is 4.87. The number of hydrogen-bond acceptors (Lipinski definition) is 4. The van der Waals surface area contributed by atoms with Crippen molar-refractivity contribution < 1.29 is 5.11 Å². The summed E-state index contributed by atoms with van der Waals surface area (Å²) < 4.78 is 0. The second-order valence-electron chi connectivity index (χ2n) is 3.60. The zero-order chi connectivity index (χ0) is 10.4. The first kappa shape index (κ1) is 10.9. The maximum atomic E-state index is 8.89. The van der Waals surface area contributed by atoms with Gasteiger partial charge in [0, 0.05) is 18.8 Å².